The molecule has 1 fully saturated rings. The zero-order chi connectivity index (χ0) is 26.4. The summed E-state index contributed by atoms with van der Waals surface area (Å²) in [4.78, 5) is 50.9. The molecule has 9 heteroatoms. The summed E-state index contributed by atoms with van der Waals surface area (Å²) >= 11 is 3.19. The Kier molecular flexibility index (Phi) is 6.49. The number of thiophene rings is 1. The van der Waals surface area contributed by atoms with E-state index >= 15 is 0 Å². The van der Waals surface area contributed by atoms with Crippen LogP contribution in [0.2, 0.25) is 0 Å². The van der Waals surface area contributed by atoms with E-state index in [-0.39, 0.29) is 30.2 Å². The average molecular weight is 545 g/mol. The van der Waals surface area contributed by atoms with Crippen LogP contribution in [-0.2, 0) is 17.9 Å². The summed E-state index contributed by atoms with van der Waals surface area (Å²) in [6, 6.07) is 15.6. The second kappa shape index (κ2) is 9.96. The first-order chi connectivity index (χ1) is 18.4. The standard InChI is InChI=1S/C29H28N4O3S2/c1-18-30-21(17-37-18)15-31(2)27(34)20-8-6-12-32(14-20)24-10-5-9-23-26(24)29(36)33(28(23)35)16-22-13-19-7-3-4-11-25(19)38-22/h3-5,7,9-11,13,17,20H,6,8,12,14-16H2,1-2H3/t20-/m0/s1. The van der Waals surface area contributed by atoms with Crippen molar-refractivity contribution in [3.05, 3.63) is 80.6 Å². The molecule has 0 saturated carbocycles. The van der Waals surface area contributed by atoms with Gasteiger partial charge in [-0.25, -0.2) is 4.98 Å². The lowest BCUT2D eigenvalue weighted by molar-refractivity contribution is -0.135. The van der Waals surface area contributed by atoms with Crippen molar-refractivity contribution in [3.63, 3.8) is 0 Å². The van der Waals surface area contributed by atoms with Crippen molar-refractivity contribution in [2.45, 2.75) is 32.9 Å². The molecule has 4 heterocycles. The second-order valence-corrected chi connectivity index (χ2v) is 12.2. The number of hydrogen-bond donors (Lipinski definition) is 0. The highest BCUT2D eigenvalue weighted by Crippen LogP contribution is 2.36. The molecule has 3 amide bonds. The van der Waals surface area contributed by atoms with E-state index in [0.717, 1.165) is 50.7 Å². The summed E-state index contributed by atoms with van der Waals surface area (Å²) < 4.78 is 1.14. The van der Waals surface area contributed by atoms with Gasteiger partial charge in [-0.05, 0) is 49.4 Å². The summed E-state index contributed by atoms with van der Waals surface area (Å²) in [5, 5.41) is 4.10. The van der Waals surface area contributed by atoms with Gasteiger partial charge >= 0.3 is 0 Å². The fraction of sp³-hybridized carbons (Fsp3) is 0.310. The number of amides is 3. The second-order valence-electron chi connectivity index (χ2n) is 9.98. The Morgan fingerprint density at radius 3 is 2.76 bits per heavy atom. The smallest absolute Gasteiger partial charge is 0.264 e. The van der Waals surface area contributed by atoms with Crippen LogP contribution >= 0.6 is 22.7 Å². The topological polar surface area (TPSA) is 73.8 Å². The maximum Gasteiger partial charge on any atom is 0.264 e. The van der Waals surface area contributed by atoms with E-state index in [0.29, 0.717) is 24.2 Å². The third kappa shape index (κ3) is 4.50. The number of fused-ring (bicyclic) bond motifs is 2. The highest BCUT2D eigenvalue weighted by atomic mass is 32.1. The quantitative estimate of drug-likeness (QED) is 0.307. The molecule has 2 aliphatic heterocycles. The summed E-state index contributed by atoms with van der Waals surface area (Å²) in [5.41, 5.74) is 2.55. The van der Waals surface area contributed by atoms with Crippen molar-refractivity contribution >= 4 is 56.2 Å². The number of hydrogen-bond acceptors (Lipinski definition) is 7. The number of carbonyl (C=O) groups excluding carboxylic acids is 3. The molecular formula is C29H28N4O3S2. The number of rotatable bonds is 6. The summed E-state index contributed by atoms with van der Waals surface area (Å²) in [6.07, 6.45) is 1.65. The normalized spacial score (nSPS) is 17.4. The van der Waals surface area contributed by atoms with Gasteiger partial charge in [0.2, 0.25) is 5.91 Å². The SMILES string of the molecule is Cc1nc(CN(C)C(=O)[C@H]2CCCN(c3cccc4c3C(=O)N(Cc3cc5ccccc5s3)C4=O)C2)cs1. The molecular weight excluding hydrogens is 516 g/mol. The first-order valence-electron chi connectivity index (χ1n) is 12.8. The lowest BCUT2D eigenvalue weighted by Crippen LogP contribution is -2.44. The van der Waals surface area contributed by atoms with E-state index in [1.807, 2.05) is 55.7 Å². The highest BCUT2D eigenvalue weighted by molar-refractivity contribution is 7.19. The Balaban J connectivity index is 1.21. The maximum atomic E-state index is 13.6. The van der Waals surface area contributed by atoms with Crippen molar-refractivity contribution < 1.29 is 14.4 Å². The number of aromatic nitrogens is 1. The predicted molar refractivity (Wildman–Crippen MR) is 151 cm³/mol. The molecule has 0 radical (unpaired) electrons. The molecule has 2 aromatic carbocycles. The van der Waals surface area contributed by atoms with Gasteiger partial charge in [-0.1, -0.05) is 24.3 Å². The van der Waals surface area contributed by atoms with Crippen LogP contribution in [-0.4, -0.2) is 52.6 Å². The number of anilines is 1. The largest absolute Gasteiger partial charge is 0.370 e. The van der Waals surface area contributed by atoms with Crippen LogP contribution in [0.4, 0.5) is 5.69 Å². The molecule has 38 heavy (non-hydrogen) atoms. The zero-order valence-electron chi connectivity index (χ0n) is 21.3. The van der Waals surface area contributed by atoms with E-state index in [2.05, 4.69) is 16.0 Å². The maximum absolute atomic E-state index is 13.6. The minimum absolute atomic E-state index is 0.0849. The Bertz CT molecular complexity index is 1530. The fourth-order valence-electron chi connectivity index (χ4n) is 5.50. The number of aryl methyl sites for hydroxylation is 1. The van der Waals surface area contributed by atoms with E-state index in [4.69, 9.17) is 0 Å². The van der Waals surface area contributed by atoms with E-state index < -0.39 is 0 Å². The Labute approximate surface area is 229 Å². The molecule has 4 aromatic rings. The van der Waals surface area contributed by atoms with Crippen molar-refractivity contribution in [1.29, 1.82) is 0 Å². The van der Waals surface area contributed by atoms with Gasteiger partial charge < -0.3 is 9.80 Å². The number of thiazole rings is 1. The third-order valence-corrected chi connectivity index (χ3v) is 9.24. The molecule has 2 aromatic heterocycles. The molecule has 1 saturated heterocycles. The molecule has 0 N–H and O–H groups in total. The predicted octanol–water partition coefficient (Wildman–Crippen LogP) is 5.34. The number of piperidine rings is 1. The van der Waals surface area contributed by atoms with Gasteiger partial charge in [-0.3, -0.25) is 19.3 Å². The van der Waals surface area contributed by atoms with Gasteiger partial charge in [0, 0.05) is 35.1 Å². The number of nitrogens with zero attached hydrogens (tertiary/aromatic N) is 4. The molecule has 1 atom stereocenters. The number of imide groups is 1. The van der Waals surface area contributed by atoms with Crippen molar-refractivity contribution in [3.8, 4) is 0 Å². The first kappa shape index (κ1) is 24.8. The van der Waals surface area contributed by atoms with Gasteiger partial charge in [0.25, 0.3) is 11.8 Å². The molecule has 0 unspecified atom stereocenters. The van der Waals surface area contributed by atoms with Crippen molar-refractivity contribution in [2.24, 2.45) is 5.92 Å². The third-order valence-electron chi connectivity index (χ3n) is 7.32. The van der Waals surface area contributed by atoms with Crippen LogP contribution in [0, 0.1) is 12.8 Å². The van der Waals surface area contributed by atoms with Gasteiger partial charge in [-0.2, -0.15) is 0 Å². The average Bonchev–Trinajstić information content (AvgIpc) is 3.60. The minimum atomic E-state index is -0.262. The molecule has 194 valence electrons. The van der Waals surface area contributed by atoms with Crippen molar-refractivity contribution in [2.75, 3.05) is 25.0 Å². The molecule has 6 rings (SSSR count). The summed E-state index contributed by atoms with van der Waals surface area (Å²) in [5.74, 6) is -0.609. The lowest BCUT2D eigenvalue weighted by atomic mass is 9.95. The van der Waals surface area contributed by atoms with Crippen molar-refractivity contribution in [1.82, 2.24) is 14.8 Å². The molecule has 0 aliphatic carbocycles. The Morgan fingerprint density at radius 1 is 1.13 bits per heavy atom. The van der Waals surface area contributed by atoms with Gasteiger partial charge in [-0.15, -0.1) is 22.7 Å². The summed E-state index contributed by atoms with van der Waals surface area (Å²) in [6.45, 7) is 3.97. The molecule has 2 aliphatic rings. The van der Waals surface area contributed by atoms with Gasteiger partial charge in [0.05, 0.1) is 46.5 Å². The van der Waals surface area contributed by atoms with Crippen LogP contribution in [0.25, 0.3) is 10.1 Å². The molecule has 7 nitrogen and oxygen atoms in total. The van der Waals surface area contributed by atoms with Gasteiger partial charge in [0.1, 0.15) is 0 Å². The fourth-order valence-corrected chi connectivity index (χ4v) is 7.16. The lowest BCUT2D eigenvalue weighted by Gasteiger charge is -2.36. The first-order valence-corrected chi connectivity index (χ1v) is 14.5. The Morgan fingerprint density at radius 2 is 1.97 bits per heavy atom. The minimum Gasteiger partial charge on any atom is -0.370 e. The van der Waals surface area contributed by atoms with E-state index in [1.54, 1.807) is 33.6 Å². The highest BCUT2D eigenvalue weighted by Gasteiger charge is 2.39. The van der Waals surface area contributed by atoms with E-state index in [1.165, 1.54) is 4.90 Å². The van der Waals surface area contributed by atoms with Crippen LogP contribution in [0.15, 0.2) is 53.9 Å². The van der Waals surface area contributed by atoms with Gasteiger partial charge in [0.15, 0.2) is 0 Å². The Hall–Kier alpha value is -3.56. The van der Waals surface area contributed by atoms with Crippen LogP contribution < -0.4 is 4.90 Å². The van der Waals surface area contributed by atoms with E-state index in [9.17, 15) is 14.4 Å². The number of carbonyl (C=O) groups is 3. The summed E-state index contributed by atoms with van der Waals surface area (Å²) in [7, 11) is 1.82. The zero-order valence-corrected chi connectivity index (χ0v) is 23.0. The molecule has 0 spiro atoms. The molecule has 0 bridgehead atoms. The monoisotopic (exact) mass is 544 g/mol. The number of benzene rings is 2. The van der Waals surface area contributed by atoms with Crippen LogP contribution in [0.5, 0.6) is 0 Å². The van der Waals surface area contributed by atoms with Crippen LogP contribution in [0.1, 0.15) is 49.1 Å². The van der Waals surface area contributed by atoms with Crippen LogP contribution in [0.3, 0.4) is 0 Å².